The average Bonchev–Trinajstić information content (AvgIpc) is 3.62. The van der Waals surface area contributed by atoms with Crippen LogP contribution in [0.3, 0.4) is 0 Å². The van der Waals surface area contributed by atoms with Crippen LogP contribution in [0.15, 0.2) is 218 Å². The molecule has 0 amide bonds. The van der Waals surface area contributed by atoms with Gasteiger partial charge in [0, 0.05) is 0 Å². The van der Waals surface area contributed by atoms with Gasteiger partial charge in [0.1, 0.15) is 69.5 Å². The second-order valence-electron chi connectivity index (χ2n) is 21.1. The second-order valence-corrected chi connectivity index (χ2v) is 32.6. The average molecular weight is 1140 g/mol. The predicted molar refractivity (Wildman–Crippen MR) is 351 cm³/mol. The molecule has 0 unspecified atom stereocenters. The Kier molecular flexibility index (Phi) is 23.3. The molecule has 9 rings (SSSR count). The Bertz CT molecular complexity index is 2800. The van der Waals surface area contributed by atoms with Gasteiger partial charge >= 0.3 is 0 Å². The van der Waals surface area contributed by atoms with Crippen LogP contribution in [0.2, 0.25) is 0 Å². The molecule has 0 fully saturated rings. The van der Waals surface area contributed by atoms with Crippen LogP contribution < -0.4 is 62.4 Å². The second kappa shape index (κ2) is 29.4. The monoisotopic (exact) mass is 1140 g/mol. The molecule has 8 heteroatoms. The van der Waals surface area contributed by atoms with Crippen LogP contribution >= 0.6 is 29.6 Å². The third-order valence-corrected chi connectivity index (χ3v) is 30.7. The zero-order valence-electron chi connectivity index (χ0n) is 49.4. The van der Waals surface area contributed by atoms with Gasteiger partial charge in [-0.05, 0) is 186 Å². The first kappa shape index (κ1) is 63.6. The van der Waals surface area contributed by atoms with E-state index in [0.29, 0.717) is 0 Å². The fourth-order valence-electron chi connectivity index (χ4n) is 12.2. The highest BCUT2D eigenvalue weighted by molar-refractivity contribution is 7.97. The Hall–Kier alpha value is -5.62. The molecule has 0 aliphatic rings. The number of phosphoric acid groups is 1. The Morgan fingerprint density at radius 3 is 0.438 bits per heavy atom. The first-order chi connectivity index (χ1) is 38.3. The van der Waals surface area contributed by atoms with Crippen LogP contribution in [0.4, 0.5) is 0 Å². The van der Waals surface area contributed by atoms with Crippen LogP contribution in [0.5, 0.6) is 0 Å². The van der Waals surface area contributed by atoms with Gasteiger partial charge in [0.25, 0.3) is 0 Å². The molecule has 80 heavy (non-hydrogen) atoms. The molecule has 0 aromatic heterocycles. The van der Waals surface area contributed by atoms with Crippen molar-refractivity contribution >= 4 is 77.4 Å². The highest BCUT2D eigenvalue weighted by Gasteiger charge is 2.50. The minimum Gasteiger partial charge on any atom is -0.822 e. The van der Waals surface area contributed by atoms with Crippen molar-refractivity contribution in [1.82, 2.24) is 0 Å². The van der Waals surface area contributed by atoms with Crippen molar-refractivity contribution < 1.29 is 19.2 Å². The molecule has 0 heterocycles. The van der Waals surface area contributed by atoms with Gasteiger partial charge in [-0.25, -0.2) is 0 Å². The molecule has 9 aromatic rings. The van der Waals surface area contributed by atoms with Crippen molar-refractivity contribution in [3.63, 3.8) is 0 Å². The van der Waals surface area contributed by atoms with Crippen molar-refractivity contribution in [1.29, 1.82) is 0 Å². The molecule has 9 aromatic carbocycles. The summed E-state index contributed by atoms with van der Waals surface area (Å²) >= 11 is 0. The predicted octanol–water partition coefficient (Wildman–Crippen LogP) is 13.1. The summed E-state index contributed by atoms with van der Waals surface area (Å²) in [6.07, 6.45) is 7.20. The summed E-state index contributed by atoms with van der Waals surface area (Å²) < 4.78 is 8.55. The van der Waals surface area contributed by atoms with Crippen molar-refractivity contribution in [2.75, 3.05) is 18.5 Å². The minimum absolute atomic E-state index is 1.19. The van der Waals surface area contributed by atoms with Crippen molar-refractivity contribution in [2.24, 2.45) is 0 Å². The molecule has 0 N–H and O–H groups in total. The molecule has 416 valence electrons. The number of aryl methyl sites for hydroxylation is 9. The topological polar surface area (TPSA) is 86.2 Å². The summed E-state index contributed by atoms with van der Waals surface area (Å²) in [4.78, 5) is 25.6. The summed E-state index contributed by atoms with van der Waals surface area (Å²) in [5.41, 5.74) is 12.7. The summed E-state index contributed by atoms with van der Waals surface area (Å²) in [5.74, 6) is 0. The lowest BCUT2D eigenvalue weighted by Gasteiger charge is -2.36. The van der Waals surface area contributed by atoms with Gasteiger partial charge in [-0.2, -0.15) is 7.82 Å². The fourth-order valence-corrected chi connectivity index (χ4v) is 27.9. The molecule has 0 saturated carbocycles. The van der Waals surface area contributed by atoms with Gasteiger partial charge < -0.3 is 19.2 Å². The van der Waals surface area contributed by atoms with Gasteiger partial charge in [-0.1, -0.05) is 185 Å². The molecule has 0 radical (unpaired) electrons. The summed E-state index contributed by atoms with van der Waals surface area (Å²) in [7, 11) is -10.4. The Balaban J connectivity index is 0.000000185. The first-order valence-electron chi connectivity index (χ1n) is 28.3. The molecule has 0 bridgehead atoms. The van der Waals surface area contributed by atoms with E-state index in [-0.39, 0.29) is 0 Å². The number of rotatable bonds is 15. The number of benzene rings is 9. The molecule has 0 aliphatic heterocycles. The molecular weight excluding hydrogens is 1050 g/mol. The van der Waals surface area contributed by atoms with Crippen molar-refractivity contribution in [3.05, 3.63) is 268 Å². The van der Waals surface area contributed by atoms with Crippen LogP contribution in [0.1, 0.15) is 90.1 Å². The standard InChI is InChI=1S/3C24H28P.H3O4P/c3*1-5-18-25(22-15-9-6-12-19(22)2,23-16-10-7-13-20(23)3)24-17-11-8-14-21(24)4;1-5(2,3)4/h3*6-17H,5,18H2,1-4H3;(H3,1,2,3,4)/q3*+1;/p-3. The van der Waals surface area contributed by atoms with Crippen LogP contribution in [-0.4, -0.2) is 18.5 Å². The van der Waals surface area contributed by atoms with E-state index in [0.717, 1.165) is 0 Å². The van der Waals surface area contributed by atoms with Gasteiger partial charge in [0.15, 0.2) is 0 Å². The minimum atomic E-state index is -5.39. The van der Waals surface area contributed by atoms with Gasteiger partial charge in [-0.15, -0.1) is 0 Å². The lowest BCUT2D eigenvalue weighted by atomic mass is 10.2. The van der Waals surface area contributed by atoms with Crippen LogP contribution in [0.25, 0.3) is 0 Å². The van der Waals surface area contributed by atoms with Gasteiger partial charge in [0.05, 0.1) is 18.5 Å². The van der Waals surface area contributed by atoms with E-state index >= 15 is 0 Å². The fraction of sp³-hybridized carbons (Fsp3) is 0.250. The van der Waals surface area contributed by atoms with Crippen molar-refractivity contribution in [2.45, 2.75) is 102 Å². The normalized spacial score (nSPS) is 11.5. The largest absolute Gasteiger partial charge is 0.822 e. The van der Waals surface area contributed by atoms with Gasteiger partial charge in [0.2, 0.25) is 0 Å². The SMILES string of the molecule is CCC[P+](c1ccccc1C)(c1ccccc1C)c1ccccc1C.CCC[P+](c1ccccc1C)(c1ccccc1C)c1ccccc1C.CCC[P+](c1ccccc1C)(c1ccccc1C)c1ccccc1C.O=P([O-])([O-])[O-]. The van der Waals surface area contributed by atoms with E-state index in [1.165, 1.54) is 87.8 Å². The molecule has 0 spiro atoms. The summed E-state index contributed by atoms with van der Waals surface area (Å²) in [6.45, 7) is 27.4. The number of hydrogen-bond donors (Lipinski definition) is 0. The zero-order chi connectivity index (χ0) is 58.1. The smallest absolute Gasteiger partial charge is 0.112 e. The third-order valence-electron chi connectivity index (χ3n) is 15.4. The maximum atomic E-state index is 8.55. The maximum absolute atomic E-state index is 8.55. The zero-order valence-corrected chi connectivity index (χ0v) is 53.0. The maximum Gasteiger partial charge on any atom is 0.112 e. The Morgan fingerprint density at radius 2 is 0.350 bits per heavy atom. The highest BCUT2D eigenvalue weighted by atomic mass is 31.2. The van der Waals surface area contributed by atoms with Crippen LogP contribution in [0, 0.1) is 62.3 Å². The Labute approximate surface area is 483 Å². The first-order valence-corrected chi connectivity index (χ1v) is 35.6. The van der Waals surface area contributed by atoms with E-state index in [1.54, 1.807) is 47.7 Å². The molecule has 0 atom stereocenters. The molecule has 4 nitrogen and oxygen atoms in total. The van der Waals surface area contributed by atoms with E-state index in [2.05, 4.69) is 301 Å². The van der Waals surface area contributed by atoms with E-state index in [1.807, 2.05) is 0 Å². The highest BCUT2D eigenvalue weighted by Crippen LogP contribution is 2.60. The quantitative estimate of drug-likeness (QED) is 0.0957. The lowest BCUT2D eigenvalue weighted by molar-refractivity contribution is -0.432. The Morgan fingerprint density at radius 1 is 0.250 bits per heavy atom. The lowest BCUT2D eigenvalue weighted by Crippen LogP contribution is -2.36. The van der Waals surface area contributed by atoms with Gasteiger partial charge in [-0.3, -0.25) is 0 Å². The van der Waals surface area contributed by atoms with Crippen molar-refractivity contribution in [3.8, 4) is 0 Å². The number of hydrogen-bond acceptors (Lipinski definition) is 4. The molecular formula is C72H84O4P4. The third kappa shape index (κ3) is 14.5. The molecule has 0 saturated heterocycles. The van der Waals surface area contributed by atoms with Crippen LogP contribution in [-0.2, 0) is 4.57 Å². The molecule has 0 aliphatic carbocycles. The summed E-state index contributed by atoms with van der Waals surface area (Å²) in [5, 5.41) is 13.9. The van der Waals surface area contributed by atoms with E-state index < -0.39 is 29.6 Å². The van der Waals surface area contributed by atoms with E-state index in [9.17, 15) is 0 Å². The van der Waals surface area contributed by atoms with E-state index in [4.69, 9.17) is 19.2 Å². The summed E-state index contributed by atoms with van der Waals surface area (Å²) in [6, 6.07) is 81.2.